The standard InChI is InChI=1S/C26H33N7O2.C9H9N/c1-35-20-9-6-18(7-10-20)17-33(25(28)16-32-26(34)23-15-29-12-13-30-23)24(27)11-8-19-14-31-22-5-3-2-4-21(19)22;1-7-6-10-9-5-3-2-4-8(7)9/h2-7,9-10,14,23,27-31H,8,11-13,15-17H2,1H3,(H,32,34);2-6,10H,1H3. The van der Waals surface area contributed by atoms with E-state index < -0.39 is 0 Å². The largest absolute Gasteiger partial charge is 0.497 e. The summed E-state index contributed by atoms with van der Waals surface area (Å²) in [5.74, 6) is 1.13. The summed E-state index contributed by atoms with van der Waals surface area (Å²) in [6, 6.07) is 23.7. The smallest absolute Gasteiger partial charge is 0.238 e. The molecule has 1 atom stereocenters. The highest BCUT2D eigenvalue weighted by molar-refractivity contribution is 6.00. The van der Waals surface area contributed by atoms with Gasteiger partial charge in [0.15, 0.2) is 0 Å². The average molecular weight is 607 g/mol. The number of ether oxygens (including phenoxy) is 1. The quantitative estimate of drug-likeness (QED) is 0.0959. The lowest BCUT2D eigenvalue weighted by Crippen LogP contribution is -2.56. The van der Waals surface area contributed by atoms with Crippen molar-refractivity contribution in [2.24, 2.45) is 0 Å². The van der Waals surface area contributed by atoms with Gasteiger partial charge in [0.05, 0.1) is 26.2 Å². The molecular weight excluding hydrogens is 564 g/mol. The maximum absolute atomic E-state index is 12.5. The van der Waals surface area contributed by atoms with Crippen LogP contribution in [0.5, 0.6) is 5.75 Å². The van der Waals surface area contributed by atoms with Crippen molar-refractivity contribution >= 4 is 39.4 Å². The second kappa shape index (κ2) is 15.2. The number of amidine groups is 2. The molecule has 2 aromatic heterocycles. The summed E-state index contributed by atoms with van der Waals surface area (Å²) in [6.45, 7) is 4.67. The van der Waals surface area contributed by atoms with Gasteiger partial charge in [0, 0.05) is 60.3 Å². The van der Waals surface area contributed by atoms with Crippen molar-refractivity contribution in [1.82, 2.24) is 30.8 Å². The molecule has 6 rings (SSSR count). The number of rotatable bonds is 9. The minimum absolute atomic E-state index is 0.0582. The van der Waals surface area contributed by atoms with E-state index in [1.165, 1.54) is 16.5 Å². The van der Waals surface area contributed by atoms with Crippen molar-refractivity contribution in [3.63, 3.8) is 0 Å². The zero-order valence-electron chi connectivity index (χ0n) is 25.9. The molecule has 234 valence electrons. The molecule has 5 aromatic rings. The molecule has 10 heteroatoms. The van der Waals surface area contributed by atoms with Gasteiger partial charge in [0.25, 0.3) is 0 Å². The predicted octanol–water partition coefficient (Wildman–Crippen LogP) is 4.72. The Kier molecular flexibility index (Phi) is 10.6. The van der Waals surface area contributed by atoms with Gasteiger partial charge in [-0.15, -0.1) is 0 Å². The number of benzene rings is 3. The molecule has 0 spiro atoms. The third-order valence-electron chi connectivity index (χ3n) is 8.04. The van der Waals surface area contributed by atoms with E-state index in [0.717, 1.165) is 40.9 Å². The van der Waals surface area contributed by atoms with Crippen molar-refractivity contribution < 1.29 is 9.53 Å². The Bertz CT molecular complexity index is 1730. The number of carbonyl (C=O) groups excluding carboxylic acids is 1. The summed E-state index contributed by atoms with van der Waals surface area (Å²) in [4.78, 5) is 20.7. The fraction of sp³-hybridized carbons (Fsp3) is 0.286. The number of nitrogens with one attached hydrogen (secondary N) is 7. The van der Waals surface area contributed by atoms with Gasteiger partial charge in [0.2, 0.25) is 5.91 Å². The molecule has 1 fully saturated rings. The van der Waals surface area contributed by atoms with Crippen molar-refractivity contribution in [2.75, 3.05) is 33.3 Å². The molecule has 1 unspecified atom stereocenters. The Hall–Kier alpha value is -4.93. The summed E-state index contributed by atoms with van der Waals surface area (Å²) in [5.41, 5.74) is 5.71. The third-order valence-corrected chi connectivity index (χ3v) is 8.04. The van der Waals surface area contributed by atoms with Crippen LogP contribution in [0.15, 0.2) is 85.2 Å². The number of H-pyrrole nitrogens is 2. The Morgan fingerprint density at radius 1 is 0.911 bits per heavy atom. The Morgan fingerprint density at radius 2 is 1.60 bits per heavy atom. The Labute approximate surface area is 263 Å². The van der Waals surface area contributed by atoms with Crippen molar-refractivity contribution in [3.8, 4) is 5.75 Å². The van der Waals surface area contributed by atoms with E-state index in [1.54, 1.807) is 12.0 Å². The summed E-state index contributed by atoms with van der Waals surface area (Å²) in [6.07, 6.45) is 5.18. The highest BCUT2D eigenvalue weighted by atomic mass is 16.5. The fourth-order valence-corrected chi connectivity index (χ4v) is 5.44. The zero-order chi connectivity index (χ0) is 31.6. The first-order valence-corrected chi connectivity index (χ1v) is 15.3. The second-order valence-electron chi connectivity index (χ2n) is 11.1. The minimum atomic E-state index is -0.312. The van der Waals surface area contributed by atoms with Gasteiger partial charge in [-0.05, 0) is 54.3 Å². The van der Waals surface area contributed by atoms with E-state index in [-0.39, 0.29) is 24.3 Å². The summed E-state index contributed by atoms with van der Waals surface area (Å²) in [5, 5.41) is 29.2. The normalized spacial score (nSPS) is 14.4. The highest BCUT2D eigenvalue weighted by Gasteiger charge is 2.22. The maximum Gasteiger partial charge on any atom is 0.238 e. The lowest BCUT2D eigenvalue weighted by molar-refractivity contribution is -0.123. The van der Waals surface area contributed by atoms with E-state index in [4.69, 9.17) is 15.6 Å². The molecule has 3 heterocycles. The van der Waals surface area contributed by atoms with Gasteiger partial charge in [-0.2, -0.15) is 0 Å². The minimum Gasteiger partial charge on any atom is -0.497 e. The number of methoxy groups -OCH3 is 1. The van der Waals surface area contributed by atoms with Crippen molar-refractivity contribution in [1.29, 1.82) is 10.8 Å². The Balaban J connectivity index is 0.000000336. The number of nitrogens with zero attached hydrogens (tertiary/aromatic N) is 1. The van der Waals surface area contributed by atoms with Gasteiger partial charge in [-0.25, -0.2) is 0 Å². The van der Waals surface area contributed by atoms with Gasteiger partial charge in [-0.1, -0.05) is 48.5 Å². The van der Waals surface area contributed by atoms with Gasteiger partial charge < -0.3 is 35.6 Å². The molecule has 0 bridgehead atoms. The molecule has 1 aliphatic rings. The van der Waals surface area contributed by atoms with Gasteiger partial charge in [-0.3, -0.25) is 15.6 Å². The van der Waals surface area contributed by atoms with Crippen LogP contribution in [-0.2, 0) is 17.8 Å². The molecule has 1 amide bonds. The highest BCUT2D eigenvalue weighted by Crippen LogP contribution is 2.20. The molecule has 45 heavy (non-hydrogen) atoms. The number of aryl methyl sites for hydroxylation is 2. The summed E-state index contributed by atoms with van der Waals surface area (Å²) < 4.78 is 5.25. The van der Waals surface area contributed by atoms with Gasteiger partial charge in [0.1, 0.15) is 17.4 Å². The number of carbonyl (C=O) groups is 1. The van der Waals surface area contributed by atoms with E-state index in [1.807, 2.05) is 60.9 Å². The number of para-hydroxylation sites is 2. The van der Waals surface area contributed by atoms with Crippen LogP contribution in [0.3, 0.4) is 0 Å². The first-order chi connectivity index (χ1) is 21.9. The van der Waals surface area contributed by atoms with Crippen LogP contribution in [0.1, 0.15) is 23.1 Å². The molecule has 1 saturated heterocycles. The molecule has 0 saturated carbocycles. The second-order valence-corrected chi connectivity index (χ2v) is 11.1. The first-order valence-electron chi connectivity index (χ1n) is 15.3. The maximum atomic E-state index is 12.5. The van der Waals surface area contributed by atoms with Gasteiger partial charge >= 0.3 is 0 Å². The number of piperazine rings is 1. The van der Waals surface area contributed by atoms with E-state index in [9.17, 15) is 4.79 Å². The molecule has 7 N–H and O–H groups in total. The summed E-state index contributed by atoms with van der Waals surface area (Å²) >= 11 is 0. The number of aromatic nitrogens is 2. The first kappa shape index (κ1) is 31.5. The number of aromatic amines is 2. The van der Waals surface area contributed by atoms with Crippen LogP contribution < -0.4 is 20.7 Å². The van der Waals surface area contributed by atoms with Crippen LogP contribution in [0, 0.1) is 17.7 Å². The van der Waals surface area contributed by atoms with Crippen molar-refractivity contribution in [3.05, 3.63) is 102 Å². The van der Waals surface area contributed by atoms with E-state index >= 15 is 0 Å². The summed E-state index contributed by atoms with van der Waals surface area (Å²) in [7, 11) is 1.62. The molecule has 10 nitrogen and oxygen atoms in total. The zero-order valence-corrected chi connectivity index (χ0v) is 25.9. The monoisotopic (exact) mass is 606 g/mol. The average Bonchev–Trinajstić information content (AvgIpc) is 3.69. The predicted molar refractivity (Wildman–Crippen MR) is 181 cm³/mol. The van der Waals surface area contributed by atoms with Crippen LogP contribution in [0.2, 0.25) is 0 Å². The van der Waals surface area contributed by atoms with Crippen LogP contribution >= 0.6 is 0 Å². The van der Waals surface area contributed by atoms with Crippen LogP contribution in [0.25, 0.3) is 21.8 Å². The number of hydrogen-bond donors (Lipinski definition) is 7. The molecule has 3 aromatic carbocycles. The molecule has 1 aliphatic heterocycles. The molecular formula is C35H42N8O2. The number of hydrogen-bond acceptors (Lipinski definition) is 6. The van der Waals surface area contributed by atoms with E-state index in [2.05, 4.69) is 57.1 Å². The molecule has 0 aliphatic carbocycles. The lowest BCUT2D eigenvalue weighted by atomic mass is 10.1. The van der Waals surface area contributed by atoms with Crippen molar-refractivity contribution in [2.45, 2.75) is 32.4 Å². The molecule has 0 radical (unpaired) electrons. The van der Waals surface area contributed by atoms with E-state index in [0.29, 0.717) is 31.8 Å². The van der Waals surface area contributed by atoms with Crippen LogP contribution in [-0.4, -0.2) is 71.8 Å². The van der Waals surface area contributed by atoms with Crippen LogP contribution in [0.4, 0.5) is 0 Å². The fourth-order valence-electron chi connectivity index (χ4n) is 5.44. The topological polar surface area (TPSA) is 145 Å². The number of fused-ring (bicyclic) bond motifs is 2. The Morgan fingerprint density at radius 3 is 2.29 bits per heavy atom. The SMILES string of the molecule is COc1ccc(CN(C(=N)CCc2c[nH]c3ccccc23)C(=N)CNC(=O)C2CNCCN2)cc1.Cc1c[nH]c2ccccc12. The third kappa shape index (κ3) is 8.17. The number of amides is 1. The lowest BCUT2D eigenvalue weighted by Gasteiger charge is -2.28.